The highest BCUT2D eigenvalue weighted by Gasteiger charge is 2.68. The van der Waals surface area contributed by atoms with E-state index in [-0.39, 0.29) is 17.0 Å². The van der Waals surface area contributed by atoms with Gasteiger partial charge in [-0.05, 0) is 32.7 Å². The van der Waals surface area contributed by atoms with E-state index in [0.29, 0.717) is 18.8 Å². The van der Waals surface area contributed by atoms with E-state index in [1.165, 1.54) is 0 Å². The molecule has 1 radical (unpaired) electrons. The third-order valence-electron chi connectivity index (χ3n) is 4.71. The lowest BCUT2D eigenvalue weighted by Gasteiger charge is -2.33. The fourth-order valence-electron chi connectivity index (χ4n) is 3.44. The molecule has 6 heteroatoms. The van der Waals surface area contributed by atoms with Gasteiger partial charge in [0.2, 0.25) is 0 Å². The van der Waals surface area contributed by atoms with Gasteiger partial charge in [0, 0.05) is 6.42 Å². The lowest BCUT2D eigenvalue weighted by atomic mass is 9.70. The standard InChI is InChI=1S/C10H17NO4S/c1-9(2)7-3-4-10(9,8(12)5-7)6-16(13,14)15-11/h7H,3-6,11H2,1-2H3/q+1/t7?,10-/m1/s1. The van der Waals surface area contributed by atoms with E-state index >= 15 is 0 Å². The van der Waals surface area contributed by atoms with E-state index in [0.717, 1.165) is 6.42 Å². The summed E-state index contributed by atoms with van der Waals surface area (Å²) in [6.45, 7) is 3.95. The number of Topliss-reactive ketones (excluding diaryl/α,β-unsaturated/α-hetero) is 1. The van der Waals surface area contributed by atoms with Crippen LogP contribution in [0.5, 0.6) is 0 Å². The van der Waals surface area contributed by atoms with Crippen molar-refractivity contribution in [3.63, 3.8) is 0 Å². The van der Waals surface area contributed by atoms with Gasteiger partial charge in [-0.3, -0.25) is 4.79 Å². The smallest absolute Gasteiger partial charge is 0.299 e. The molecule has 16 heavy (non-hydrogen) atoms. The second kappa shape index (κ2) is 3.35. The van der Waals surface area contributed by atoms with Crippen molar-refractivity contribution in [1.82, 2.24) is 0 Å². The molecule has 2 N–H and O–H groups in total. The second-order valence-corrected chi connectivity index (χ2v) is 7.06. The highest BCUT2D eigenvalue weighted by molar-refractivity contribution is 7.92. The Morgan fingerprint density at radius 2 is 2.19 bits per heavy atom. The minimum Gasteiger partial charge on any atom is -0.299 e. The Kier molecular flexibility index (Phi) is 2.55. The minimum atomic E-state index is -3.79. The molecule has 0 amide bonds. The van der Waals surface area contributed by atoms with E-state index < -0.39 is 15.9 Å². The third kappa shape index (κ3) is 1.40. The highest BCUT2D eigenvalue weighted by Crippen LogP contribution is 2.64. The lowest BCUT2D eigenvalue weighted by molar-refractivity contribution is -0.128. The molecule has 2 saturated carbocycles. The van der Waals surface area contributed by atoms with Crippen molar-refractivity contribution in [2.45, 2.75) is 33.1 Å². The quantitative estimate of drug-likeness (QED) is 0.596. The summed E-state index contributed by atoms with van der Waals surface area (Å²) in [5.74, 6) is 4.82. The molecule has 0 aromatic heterocycles. The molecule has 0 saturated heterocycles. The first-order valence-electron chi connectivity index (χ1n) is 5.39. The van der Waals surface area contributed by atoms with Crippen molar-refractivity contribution >= 4 is 16.3 Å². The van der Waals surface area contributed by atoms with E-state index in [1.54, 1.807) is 0 Å². The molecule has 5 nitrogen and oxygen atoms in total. The maximum absolute atomic E-state index is 12.0. The van der Waals surface area contributed by atoms with Gasteiger partial charge in [0.25, 0.3) is 0 Å². The van der Waals surface area contributed by atoms with Crippen LogP contribution < -0.4 is 5.90 Å². The van der Waals surface area contributed by atoms with Gasteiger partial charge in [0.05, 0.1) is 9.97 Å². The van der Waals surface area contributed by atoms with Crippen LogP contribution in [0.4, 0.5) is 0 Å². The number of carbonyl (C=O) groups excluding carboxylic acids is 1. The van der Waals surface area contributed by atoms with E-state index in [9.17, 15) is 13.6 Å². The first-order chi connectivity index (χ1) is 7.25. The Hall–Kier alpha value is -0.300. The fourth-order valence-corrected chi connectivity index (χ4v) is 4.79. The van der Waals surface area contributed by atoms with Gasteiger partial charge in [0.15, 0.2) is 5.75 Å². The van der Waals surface area contributed by atoms with Gasteiger partial charge in [-0.15, -0.1) is 0 Å². The largest absolute Gasteiger partial charge is 0.414 e. The van der Waals surface area contributed by atoms with Gasteiger partial charge in [-0.1, -0.05) is 13.8 Å². The summed E-state index contributed by atoms with van der Waals surface area (Å²) in [5.41, 5.74) is -1.05. The van der Waals surface area contributed by atoms with Gasteiger partial charge in [-0.2, -0.15) is 5.90 Å². The fraction of sp³-hybridized carbons (Fsp3) is 0.900. The van der Waals surface area contributed by atoms with Crippen LogP contribution in [0.2, 0.25) is 0 Å². The predicted molar refractivity (Wildman–Crippen MR) is 57.4 cm³/mol. The van der Waals surface area contributed by atoms with Crippen molar-refractivity contribution in [2.24, 2.45) is 22.6 Å². The van der Waals surface area contributed by atoms with Crippen LogP contribution in [0, 0.1) is 16.7 Å². The molecule has 2 bridgehead atoms. The molecule has 2 rings (SSSR count). The minimum absolute atomic E-state index is 0.0503. The maximum Gasteiger partial charge on any atom is 0.414 e. The SMILES string of the molecule is CC1(C)C2CC[C@@]1(C[S+]([O])(=O)ON)C(=O)C2. The number of hydrogen-bond acceptors (Lipinski definition) is 4. The molecule has 0 spiro atoms. The van der Waals surface area contributed by atoms with Crippen LogP contribution in [0.3, 0.4) is 0 Å². The second-order valence-electron chi connectivity index (χ2n) is 5.46. The number of rotatable bonds is 3. The Bertz CT molecular complexity index is 381. The van der Waals surface area contributed by atoms with Gasteiger partial charge < -0.3 is 0 Å². The van der Waals surface area contributed by atoms with Crippen LogP contribution in [0.1, 0.15) is 33.1 Å². The van der Waals surface area contributed by atoms with Crippen molar-refractivity contribution in [2.75, 3.05) is 5.75 Å². The first-order valence-corrected chi connectivity index (χ1v) is 6.97. The molecule has 2 fully saturated rings. The molecule has 0 aromatic carbocycles. The zero-order valence-electron chi connectivity index (χ0n) is 9.52. The highest BCUT2D eigenvalue weighted by atomic mass is 32.3. The van der Waals surface area contributed by atoms with Gasteiger partial charge in [-0.25, -0.2) is 0 Å². The number of hydrogen-bond donors (Lipinski definition) is 1. The Morgan fingerprint density at radius 1 is 1.56 bits per heavy atom. The van der Waals surface area contributed by atoms with Crippen LogP contribution >= 0.6 is 0 Å². The third-order valence-corrected chi connectivity index (χ3v) is 5.85. The molecule has 0 heterocycles. The summed E-state index contributed by atoms with van der Waals surface area (Å²) in [7, 11) is -3.79. The maximum atomic E-state index is 12.0. The van der Waals surface area contributed by atoms with Gasteiger partial charge >= 0.3 is 10.5 Å². The molecular weight excluding hydrogens is 230 g/mol. The monoisotopic (exact) mass is 247 g/mol. The predicted octanol–water partition coefficient (Wildman–Crippen LogP) is 1.03. The molecule has 0 aromatic rings. The van der Waals surface area contributed by atoms with Crippen LogP contribution in [0.15, 0.2) is 0 Å². The van der Waals surface area contributed by atoms with Gasteiger partial charge in [0.1, 0.15) is 5.78 Å². The molecule has 2 aliphatic carbocycles. The summed E-state index contributed by atoms with van der Waals surface area (Å²) in [6, 6.07) is 0. The van der Waals surface area contributed by atoms with E-state index in [1.807, 2.05) is 13.8 Å². The molecule has 2 aliphatic rings. The molecule has 2 unspecified atom stereocenters. The van der Waals surface area contributed by atoms with Crippen molar-refractivity contribution in [1.29, 1.82) is 0 Å². The number of carbonyl (C=O) groups is 1. The summed E-state index contributed by atoms with van der Waals surface area (Å²) in [5, 5.41) is 0. The Labute approximate surface area is 96.1 Å². The molecule has 3 atom stereocenters. The molecular formula is C10H17NO4S+. The van der Waals surface area contributed by atoms with Crippen LogP contribution in [-0.4, -0.2) is 11.5 Å². The number of fused-ring (bicyclic) bond motifs is 2. The zero-order valence-corrected chi connectivity index (χ0v) is 10.3. The van der Waals surface area contributed by atoms with Crippen molar-refractivity contribution in [3.05, 3.63) is 0 Å². The first kappa shape index (κ1) is 12.2. The summed E-state index contributed by atoms with van der Waals surface area (Å²) in [6.07, 6.45) is 2.04. The topological polar surface area (TPSA) is 89.3 Å². The van der Waals surface area contributed by atoms with Crippen LogP contribution in [-0.2, 0) is 28.3 Å². The van der Waals surface area contributed by atoms with Crippen LogP contribution in [0.25, 0.3) is 0 Å². The molecule has 91 valence electrons. The van der Waals surface area contributed by atoms with Crippen molar-refractivity contribution in [3.8, 4) is 0 Å². The Balaban J connectivity index is 2.36. The average Bonchev–Trinajstić information content (AvgIpc) is 2.51. The average molecular weight is 247 g/mol. The lowest BCUT2D eigenvalue weighted by Crippen LogP contribution is -2.44. The molecule has 0 aliphatic heterocycles. The summed E-state index contributed by atoms with van der Waals surface area (Å²) >= 11 is 0. The van der Waals surface area contributed by atoms with E-state index in [2.05, 4.69) is 4.28 Å². The summed E-state index contributed by atoms with van der Waals surface area (Å²) < 4.78 is 27.0. The normalized spacial score (nSPS) is 40.0. The van der Waals surface area contributed by atoms with Crippen molar-refractivity contribution < 1.29 is 17.8 Å². The van der Waals surface area contributed by atoms with E-state index in [4.69, 9.17) is 5.90 Å². The number of ketones is 1. The number of nitrogens with two attached hydrogens (primary N) is 1. The Morgan fingerprint density at radius 3 is 2.56 bits per heavy atom. The zero-order chi connectivity index (χ0) is 12.2. The summed E-state index contributed by atoms with van der Waals surface area (Å²) in [4.78, 5) is 12.0.